The minimum absolute atomic E-state index is 0.0995. The molecular weight excluding hydrogens is 144 g/mol. The van der Waals surface area contributed by atoms with Crippen molar-refractivity contribution in [2.45, 2.75) is 26.2 Å². The zero-order valence-electron chi connectivity index (χ0n) is 6.54. The molecular formula is C8H12O3. The van der Waals surface area contributed by atoms with Crippen molar-refractivity contribution in [3.8, 4) is 0 Å². The molecule has 0 radical (unpaired) electrons. The van der Waals surface area contributed by atoms with Gasteiger partial charge in [0.05, 0.1) is 0 Å². The molecule has 1 aliphatic carbocycles. The Hall–Kier alpha value is -0.860. The first-order valence-electron chi connectivity index (χ1n) is 3.87. The highest BCUT2D eigenvalue weighted by molar-refractivity contribution is 5.92. The number of carbonyl (C=O) groups excluding carboxylic acids is 1. The molecule has 0 saturated heterocycles. The normalized spacial score (nSPS) is 22.3. The lowest BCUT2D eigenvalue weighted by Gasteiger charge is -2.19. The Bertz CT molecular complexity index is 184. The van der Waals surface area contributed by atoms with Gasteiger partial charge < -0.3 is 9.90 Å². The lowest BCUT2D eigenvalue weighted by Crippen LogP contribution is -2.34. The summed E-state index contributed by atoms with van der Waals surface area (Å²) in [7, 11) is 0. The van der Waals surface area contributed by atoms with Crippen LogP contribution in [-0.4, -0.2) is 17.4 Å². The van der Waals surface area contributed by atoms with Crippen molar-refractivity contribution in [3.05, 3.63) is 0 Å². The highest BCUT2D eigenvalue weighted by Gasteiger charge is 2.49. The standard InChI is InChI=1S/C8H12O3/c1-2-8(5-9,7(10)11)6-3-4-6/h5-6H,2-4H2,1H3,(H,10,11)/t8-/m1/s1. The molecule has 1 fully saturated rings. The smallest absolute Gasteiger partial charge is 0.317 e. The Labute approximate surface area is 65.4 Å². The first kappa shape index (κ1) is 8.24. The number of carbonyl (C=O) groups is 2. The Balaban J connectivity index is 2.82. The van der Waals surface area contributed by atoms with Crippen LogP contribution in [0.25, 0.3) is 0 Å². The minimum atomic E-state index is -1.07. The first-order chi connectivity index (χ1) is 5.17. The molecule has 11 heavy (non-hydrogen) atoms. The summed E-state index contributed by atoms with van der Waals surface area (Å²) in [5, 5.41) is 8.80. The van der Waals surface area contributed by atoms with Gasteiger partial charge in [0.15, 0.2) is 0 Å². The number of hydrogen-bond donors (Lipinski definition) is 1. The van der Waals surface area contributed by atoms with Gasteiger partial charge in [-0.2, -0.15) is 0 Å². The van der Waals surface area contributed by atoms with Crippen LogP contribution in [0.3, 0.4) is 0 Å². The van der Waals surface area contributed by atoms with Crippen molar-refractivity contribution in [3.63, 3.8) is 0 Å². The van der Waals surface area contributed by atoms with Crippen molar-refractivity contribution in [1.29, 1.82) is 0 Å². The molecule has 0 aliphatic heterocycles. The van der Waals surface area contributed by atoms with E-state index in [-0.39, 0.29) is 5.92 Å². The predicted molar refractivity (Wildman–Crippen MR) is 39.1 cm³/mol. The van der Waals surface area contributed by atoms with Gasteiger partial charge in [0, 0.05) is 0 Å². The molecule has 0 unspecified atom stereocenters. The van der Waals surface area contributed by atoms with E-state index >= 15 is 0 Å². The fraction of sp³-hybridized carbons (Fsp3) is 0.750. The second kappa shape index (κ2) is 2.64. The van der Waals surface area contributed by atoms with E-state index in [2.05, 4.69) is 0 Å². The van der Waals surface area contributed by atoms with Crippen molar-refractivity contribution < 1.29 is 14.7 Å². The average molecular weight is 156 g/mol. The molecule has 0 aromatic rings. The Kier molecular flexibility index (Phi) is 1.98. The summed E-state index contributed by atoms with van der Waals surface area (Å²) in [6.07, 6.45) is 2.79. The number of aldehydes is 1. The van der Waals surface area contributed by atoms with Crippen molar-refractivity contribution >= 4 is 12.3 Å². The van der Waals surface area contributed by atoms with E-state index in [0.717, 1.165) is 12.8 Å². The van der Waals surface area contributed by atoms with E-state index in [9.17, 15) is 9.59 Å². The van der Waals surface area contributed by atoms with Gasteiger partial charge in [0.1, 0.15) is 11.7 Å². The van der Waals surface area contributed by atoms with Gasteiger partial charge in [0.2, 0.25) is 0 Å². The molecule has 1 aliphatic rings. The second-order valence-electron chi connectivity index (χ2n) is 3.09. The third-order valence-corrected chi connectivity index (χ3v) is 2.50. The highest BCUT2D eigenvalue weighted by atomic mass is 16.4. The van der Waals surface area contributed by atoms with Gasteiger partial charge in [0.25, 0.3) is 0 Å². The zero-order chi connectivity index (χ0) is 8.48. The lowest BCUT2D eigenvalue weighted by molar-refractivity contribution is -0.152. The third kappa shape index (κ3) is 1.15. The molecule has 0 aromatic carbocycles. The molecule has 3 heteroatoms. The fourth-order valence-electron chi connectivity index (χ4n) is 1.44. The van der Waals surface area contributed by atoms with Crippen LogP contribution in [0.1, 0.15) is 26.2 Å². The summed E-state index contributed by atoms with van der Waals surface area (Å²) in [6.45, 7) is 1.75. The summed E-state index contributed by atoms with van der Waals surface area (Å²) in [5.41, 5.74) is -1.07. The molecule has 0 amide bonds. The SMILES string of the molecule is CC[C@](C=O)(C(=O)O)C1CC1. The van der Waals surface area contributed by atoms with Crippen LogP contribution in [0.2, 0.25) is 0 Å². The molecule has 1 rings (SSSR count). The zero-order valence-corrected chi connectivity index (χ0v) is 6.54. The van der Waals surface area contributed by atoms with E-state index in [0.29, 0.717) is 12.7 Å². The Morgan fingerprint density at radius 1 is 1.73 bits per heavy atom. The van der Waals surface area contributed by atoms with Gasteiger partial charge >= 0.3 is 5.97 Å². The Morgan fingerprint density at radius 2 is 2.27 bits per heavy atom. The fourth-order valence-corrected chi connectivity index (χ4v) is 1.44. The van der Waals surface area contributed by atoms with E-state index in [1.165, 1.54) is 0 Å². The van der Waals surface area contributed by atoms with Gasteiger partial charge in [-0.1, -0.05) is 6.92 Å². The summed E-state index contributed by atoms with van der Waals surface area (Å²) in [5.74, 6) is -0.861. The van der Waals surface area contributed by atoms with Gasteiger partial charge in [-0.3, -0.25) is 4.79 Å². The lowest BCUT2D eigenvalue weighted by atomic mass is 9.82. The van der Waals surface area contributed by atoms with E-state index in [1.807, 2.05) is 0 Å². The molecule has 1 N–H and O–H groups in total. The summed E-state index contributed by atoms with van der Waals surface area (Å²) < 4.78 is 0. The molecule has 1 saturated carbocycles. The van der Waals surface area contributed by atoms with Crippen molar-refractivity contribution in [2.24, 2.45) is 11.3 Å². The van der Waals surface area contributed by atoms with Crippen LogP contribution in [0.4, 0.5) is 0 Å². The maximum Gasteiger partial charge on any atom is 0.317 e. The number of rotatable bonds is 4. The van der Waals surface area contributed by atoms with Crippen molar-refractivity contribution in [1.82, 2.24) is 0 Å². The van der Waals surface area contributed by atoms with Crippen LogP contribution in [0, 0.1) is 11.3 Å². The van der Waals surface area contributed by atoms with Crippen LogP contribution in [-0.2, 0) is 9.59 Å². The van der Waals surface area contributed by atoms with Crippen LogP contribution >= 0.6 is 0 Å². The summed E-state index contributed by atoms with van der Waals surface area (Å²) in [4.78, 5) is 21.3. The van der Waals surface area contributed by atoms with Gasteiger partial charge in [-0.05, 0) is 25.2 Å². The molecule has 0 aromatic heterocycles. The maximum atomic E-state index is 10.7. The molecule has 62 valence electrons. The van der Waals surface area contributed by atoms with E-state index < -0.39 is 11.4 Å². The van der Waals surface area contributed by atoms with Gasteiger partial charge in [-0.15, -0.1) is 0 Å². The van der Waals surface area contributed by atoms with E-state index in [4.69, 9.17) is 5.11 Å². The predicted octanol–water partition coefficient (Wildman–Crippen LogP) is 1.08. The molecule has 0 spiro atoms. The second-order valence-corrected chi connectivity index (χ2v) is 3.09. The number of carboxylic acid groups (broad SMARTS) is 1. The monoisotopic (exact) mass is 156 g/mol. The topological polar surface area (TPSA) is 54.4 Å². The molecule has 3 nitrogen and oxygen atoms in total. The average Bonchev–Trinajstić information content (AvgIpc) is 2.74. The summed E-state index contributed by atoms with van der Waals surface area (Å²) in [6, 6.07) is 0. The summed E-state index contributed by atoms with van der Waals surface area (Å²) >= 11 is 0. The highest BCUT2D eigenvalue weighted by Crippen LogP contribution is 2.46. The van der Waals surface area contributed by atoms with Crippen molar-refractivity contribution in [2.75, 3.05) is 0 Å². The van der Waals surface area contributed by atoms with Crippen LogP contribution < -0.4 is 0 Å². The Morgan fingerprint density at radius 3 is 2.36 bits per heavy atom. The molecule has 0 heterocycles. The van der Waals surface area contributed by atoms with E-state index in [1.54, 1.807) is 6.92 Å². The quantitative estimate of drug-likeness (QED) is 0.489. The van der Waals surface area contributed by atoms with Crippen LogP contribution in [0.5, 0.6) is 0 Å². The number of carboxylic acids is 1. The number of aliphatic carboxylic acids is 1. The first-order valence-corrected chi connectivity index (χ1v) is 3.87. The maximum absolute atomic E-state index is 10.7. The number of hydrogen-bond acceptors (Lipinski definition) is 2. The molecule has 0 bridgehead atoms. The minimum Gasteiger partial charge on any atom is -0.480 e. The molecule has 1 atom stereocenters. The third-order valence-electron chi connectivity index (χ3n) is 2.50. The largest absolute Gasteiger partial charge is 0.480 e. The van der Waals surface area contributed by atoms with Gasteiger partial charge in [-0.25, -0.2) is 0 Å². The van der Waals surface area contributed by atoms with Crippen LogP contribution in [0.15, 0.2) is 0 Å².